The van der Waals surface area contributed by atoms with Crippen molar-refractivity contribution in [2.45, 2.75) is 33.1 Å². The summed E-state index contributed by atoms with van der Waals surface area (Å²) in [5.74, 6) is -2.19. The highest BCUT2D eigenvalue weighted by molar-refractivity contribution is 5.99. The first-order valence-electron chi connectivity index (χ1n) is 10.1. The summed E-state index contributed by atoms with van der Waals surface area (Å²) in [7, 11) is 0. The number of hydrogen-bond donors (Lipinski definition) is 1. The van der Waals surface area contributed by atoms with Gasteiger partial charge in [-0.05, 0) is 50.6 Å². The van der Waals surface area contributed by atoms with Crippen molar-refractivity contribution in [2.75, 3.05) is 18.5 Å². The molecule has 31 heavy (non-hydrogen) atoms. The Morgan fingerprint density at radius 3 is 2.35 bits per heavy atom. The molecule has 2 amide bonds. The van der Waals surface area contributed by atoms with Crippen LogP contribution in [0.25, 0.3) is 0 Å². The van der Waals surface area contributed by atoms with Crippen LogP contribution >= 0.6 is 0 Å². The predicted octanol–water partition coefficient (Wildman–Crippen LogP) is 3.93. The topological polar surface area (TPSA) is 75.7 Å². The molecule has 1 atom stereocenters. The first-order valence-corrected chi connectivity index (χ1v) is 10.1. The zero-order chi connectivity index (χ0) is 22.5. The van der Waals surface area contributed by atoms with Crippen LogP contribution in [0, 0.1) is 12.7 Å². The van der Waals surface area contributed by atoms with E-state index in [-0.39, 0.29) is 31.4 Å². The summed E-state index contributed by atoms with van der Waals surface area (Å²) in [4.78, 5) is 39.5. The van der Waals surface area contributed by atoms with E-state index in [1.807, 2.05) is 19.1 Å². The lowest BCUT2D eigenvalue weighted by Gasteiger charge is -2.34. The Balaban J connectivity index is 1.88. The van der Waals surface area contributed by atoms with Gasteiger partial charge in [0.25, 0.3) is 0 Å². The maximum Gasteiger partial charge on any atom is 0.336 e. The third-order valence-electron chi connectivity index (χ3n) is 5.23. The summed E-state index contributed by atoms with van der Waals surface area (Å²) in [6.07, 6.45) is -0.0189. The second kappa shape index (κ2) is 9.55. The first kappa shape index (κ1) is 22.2. The number of hydrogen-bond acceptors (Lipinski definition) is 4. The molecule has 0 aliphatic carbocycles. The molecule has 1 aliphatic heterocycles. The first-order chi connectivity index (χ1) is 14.8. The quantitative estimate of drug-likeness (QED) is 0.713. The van der Waals surface area contributed by atoms with Gasteiger partial charge in [0, 0.05) is 23.7 Å². The fraction of sp³-hybridized carbons (Fsp3) is 0.292. The molecule has 0 saturated heterocycles. The molecule has 0 aromatic heterocycles. The number of halogens is 1. The van der Waals surface area contributed by atoms with Crippen LogP contribution in [0.5, 0.6) is 0 Å². The molecule has 2 aromatic rings. The van der Waals surface area contributed by atoms with E-state index in [1.54, 1.807) is 38.1 Å². The number of nitrogens with zero attached hydrogens (tertiary/aromatic N) is 1. The molecule has 0 saturated carbocycles. The van der Waals surface area contributed by atoms with E-state index in [4.69, 9.17) is 4.74 Å². The molecule has 0 spiro atoms. The number of esters is 1. The summed E-state index contributed by atoms with van der Waals surface area (Å²) >= 11 is 0. The largest absolute Gasteiger partial charge is 0.463 e. The lowest BCUT2D eigenvalue weighted by molar-refractivity contribution is -0.140. The zero-order valence-electron chi connectivity index (χ0n) is 17.8. The normalized spacial score (nSPS) is 16.3. The van der Waals surface area contributed by atoms with Gasteiger partial charge in [-0.15, -0.1) is 0 Å². The lowest BCUT2D eigenvalue weighted by Crippen LogP contribution is -2.42. The van der Waals surface area contributed by atoms with Crippen LogP contribution < -0.4 is 5.32 Å². The van der Waals surface area contributed by atoms with E-state index in [9.17, 15) is 18.8 Å². The molecule has 2 aromatic carbocycles. The highest BCUT2D eigenvalue weighted by atomic mass is 19.1. The van der Waals surface area contributed by atoms with Crippen molar-refractivity contribution in [1.82, 2.24) is 4.90 Å². The molecule has 6 nitrogen and oxygen atoms in total. The molecule has 7 heteroatoms. The average Bonchev–Trinajstić information content (AvgIpc) is 2.73. The van der Waals surface area contributed by atoms with Crippen LogP contribution in [0.2, 0.25) is 0 Å². The highest BCUT2D eigenvalue weighted by Crippen LogP contribution is 2.37. The average molecular weight is 424 g/mol. The van der Waals surface area contributed by atoms with Gasteiger partial charge in [0.05, 0.1) is 12.2 Å². The zero-order valence-corrected chi connectivity index (χ0v) is 17.8. The number of amides is 2. The van der Waals surface area contributed by atoms with Gasteiger partial charge in [0.15, 0.2) is 0 Å². The second-order valence-corrected chi connectivity index (χ2v) is 7.42. The standard InChI is InChI=1S/C24H25FN2O4/c1-4-31-24(30)23-16(3)27(14-21(28)26-19-11-5-15(2)6-12-19)22(29)13-20(23)17-7-9-18(25)10-8-17/h5-12,20H,4,13-14H2,1-3H3,(H,26,28)/t20-/m0/s1. The summed E-state index contributed by atoms with van der Waals surface area (Å²) in [6.45, 7) is 5.21. The van der Waals surface area contributed by atoms with E-state index in [2.05, 4.69) is 5.32 Å². The molecule has 0 bridgehead atoms. The van der Waals surface area contributed by atoms with Gasteiger partial charge < -0.3 is 15.0 Å². The minimum atomic E-state index is -0.566. The van der Waals surface area contributed by atoms with Crippen LogP contribution in [0.15, 0.2) is 59.8 Å². The van der Waals surface area contributed by atoms with Gasteiger partial charge in [-0.25, -0.2) is 9.18 Å². The predicted molar refractivity (Wildman–Crippen MR) is 115 cm³/mol. The number of rotatable bonds is 6. The van der Waals surface area contributed by atoms with Crippen LogP contribution in [-0.2, 0) is 19.1 Å². The number of carbonyl (C=O) groups is 3. The van der Waals surface area contributed by atoms with Gasteiger partial charge >= 0.3 is 5.97 Å². The van der Waals surface area contributed by atoms with Gasteiger partial charge in [-0.1, -0.05) is 29.8 Å². The monoisotopic (exact) mass is 424 g/mol. The molecular formula is C24H25FN2O4. The molecule has 1 N–H and O–H groups in total. The molecule has 3 rings (SSSR count). The van der Waals surface area contributed by atoms with E-state index >= 15 is 0 Å². The van der Waals surface area contributed by atoms with Gasteiger partial charge in [-0.3, -0.25) is 9.59 Å². The molecule has 0 unspecified atom stereocenters. The lowest BCUT2D eigenvalue weighted by atomic mass is 9.83. The molecule has 0 radical (unpaired) electrons. The summed E-state index contributed by atoms with van der Waals surface area (Å²) in [5.41, 5.74) is 2.99. The number of ether oxygens (including phenoxy) is 1. The third-order valence-corrected chi connectivity index (χ3v) is 5.23. The maximum absolute atomic E-state index is 13.4. The smallest absolute Gasteiger partial charge is 0.336 e. The Bertz CT molecular complexity index is 1010. The summed E-state index contributed by atoms with van der Waals surface area (Å²) in [6, 6.07) is 13.0. The van der Waals surface area contributed by atoms with Crippen molar-refractivity contribution >= 4 is 23.5 Å². The molecule has 1 heterocycles. The number of allylic oxidation sites excluding steroid dienone is 1. The number of anilines is 1. The van der Waals surface area contributed by atoms with E-state index in [0.29, 0.717) is 22.5 Å². The minimum Gasteiger partial charge on any atom is -0.463 e. The van der Waals surface area contributed by atoms with E-state index in [1.165, 1.54) is 17.0 Å². The van der Waals surface area contributed by atoms with Crippen molar-refractivity contribution in [3.63, 3.8) is 0 Å². The van der Waals surface area contributed by atoms with Crippen molar-refractivity contribution < 1.29 is 23.5 Å². The highest BCUT2D eigenvalue weighted by Gasteiger charge is 2.37. The fourth-order valence-electron chi connectivity index (χ4n) is 3.64. The number of benzene rings is 2. The summed E-state index contributed by atoms with van der Waals surface area (Å²) in [5, 5.41) is 2.76. The van der Waals surface area contributed by atoms with Crippen molar-refractivity contribution in [2.24, 2.45) is 0 Å². The SMILES string of the molecule is CCOC(=O)C1=C(C)N(CC(=O)Nc2ccc(C)cc2)C(=O)C[C@H]1c1ccc(F)cc1. The molecular weight excluding hydrogens is 399 g/mol. The Labute approximate surface area is 180 Å². The Morgan fingerprint density at radius 2 is 1.74 bits per heavy atom. The van der Waals surface area contributed by atoms with Crippen LogP contribution in [0.4, 0.5) is 10.1 Å². The van der Waals surface area contributed by atoms with Gasteiger partial charge in [0.2, 0.25) is 11.8 Å². The Kier molecular flexibility index (Phi) is 6.84. The van der Waals surface area contributed by atoms with Crippen LogP contribution in [0.1, 0.15) is 37.3 Å². The van der Waals surface area contributed by atoms with E-state index in [0.717, 1.165) is 5.56 Å². The van der Waals surface area contributed by atoms with Crippen LogP contribution in [0.3, 0.4) is 0 Å². The minimum absolute atomic E-state index is 0.0189. The molecule has 0 fully saturated rings. The molecule has 1 aliphatic rings. The van der Waals surface area contributed by atoms with E-state index < -0.39 is 17.7 Å². The fourth-order valence-corrected chi connectivity index (χ4v) is 3.64. The Hall–Kier alpha value is -3.48. The second-order valence-electron chi connectivity index (χ2n) is 7.42. The van der Waals surface area contributed by atoms with Crippen molar-refractivity contribution in [3.05, 3.63) is 76.7 Å². The third kappa shape index (κ3) is 5.17. The maximum atomic E-state index is 13.4. The number of carbonyl (C=O) groups excluding carboxylic acids is 3. The Morgan fingerprint density at radius 1 is 1.10 bits per heavy atom. The number of nitrogens with one attached hydrogen (secondary N) is 1. The van der Waals surface area contributed by atoms with Crippen LogP contribution in [-0.4, -0.2) is 35.8 Å². The van der Waals surface area contributed by atoms with Gasteiger partial charge in [-0.2, -0.15) is 0 Å². The summed E-state index contributed by atoms with van der Waals surface area (Å²) < 4.78 is 18.6. The van der Waals surface area contributed by atoms with Crippen molar-refractivity contribution in [1.29, 1.82) is 0 Å². The molecule has 162 valence electrons. The number of aryl methyl sites for hydroxylation is 1. The van der Waals surface area contributed by atoms with Gasteiger partial charge in [0.1, 0.15) is 12.4 Å². The van der Waals surface area contributed by atoms with Crippen molar-refractivity contribution in [3.8, 4) is 0 Å².